The first-order chi connectivity index (χ1) is 13.7. The Balaban J connectivity index is 1.79. The van der Waals surface area contributed by atoms with Crippen molar-refractivity contribution < 1.29 is 5.11 Å². The molecule has 0 unspecified atom stereocenters. The van der Waals surface area contributed by atoms with E-state index in [9.17, 15) is 5.11 Å². The largest absolute Gasteiger partial charge is 0.396 e. The van der Waals surface area contributed by atoms with Gasteiger partial charge in [0.25, 0.3) is 0 Å². The first-order valence-corrected chi connectivity index (χ1v) is 10.4. The minimum absolute atomic E-state index is 0.0251. The third-order valence-corrected chi connectivity index (χ3v) is 5.77. The molecule has 2 atom stereocenters. The number of aromatic nitrogens is 2. The zero-order valence-corrected chi connectivity index (χ0v) is 17.6. The summed E-state index contributed by atoms with van der Waals surface area (Å²) >= 11 is 9.22. The highest BCUT2D eigenvalue weighted by Crippen LogP contribution is 2.39. The van der Waals surface area contributed by atoms with Crippen LogP contribution in [0.2, 0.25) is 0 Å². The number of aliphatic hydroxyl groups excluding tert-OH is 1. The summed E-state index contributed by atoms with van der Waals surface area (Å²) < 4.78 is 3.22. The number of rotatable bonds is 6. The average Bonchev–Trinajstić information content (AvgIpc) is 3.31. The van der Waals surface area contributed by atoms with Crippen LogP contribution in [0.4, 0.5) is 0 Å². The third-order valence-electron chi connectivity index (χ3n) is 4.92. The smallest absolute Gasteiger partial charge is 0.170 e. The second-order valence-electron chi connectivity index (χ2n) is 6.68. The molecule has 4 rings (SSSR count). The minimum Gasteiger partial charge on any atom is -0.396 e. The SMILES string of the molecule is OCCCN1C(=S)N[C@@H](c2ccccn2)[C@H]1c1cccn1-c1cccc(Br)c1. The van der Waals surface area contributed by atoms with Crippen molar-refractivity contribution in [2.24, 2.45) is 0 Å². The van der Waals surface area contributed by atoms with Gasteiger partial charge in [-0.1, -0.05) is 28.1 Å². The summed E-state index contributed by atoms with van der Waals surface area (Å²) in [5.41, 5.74) is 3.15. The van der Waals surface area contributed by atoms with Gasteiger partial charge in [-0.3, -0.25) is 4.98 Å². The molecule has 3 aromatic rings. The Morgan fingerprint density at radius 3 is 2.79 bits per heavy atom. The van der Waals surface area contributed by atoms with E-state index in [2.05, 4.69) is 66.2 Å². The standard InChI is InChI=1S/C21H21BrN4OS/c22-15-6-3-7-16(14-15)25-11-4-9-18(25)20-19(17-8-1-2-10-23-17)24-21(28)26(20)12-5-13-27/h1-4,6-11,14,19-20,27H,5,12-13H2,(H,24,28)/t19-,20+/m0/s1. The monoisotopic (exact) mass is 456 g/mol. The molecular weight excluding hydrogens is 436 g/mol. The van der Waals surface area contributed by atoms with Crippen LogP contribution in [0.1, 0.15) is 29.9 Å². The van der Waals surface area contributed by atoms with Crippen LogP contribution in [0.5, 0.6) is 0 Å². The Kier molecular flexibility index (Phi) is 5.75. The number of pyridine rings is 1. The van der Waals surface area contributed by atoms with Crippen molar-refractivity contribution in [3.05, 3.63) is 82.9 Å². The normalized spacial score (nSPS) is 19.1. The number of benzene rings is 1. The topological polar surface area (TPSA) is 53.3 Å². The lowest BCUT2D eigenvalue weighted by Crippen LogP contribution is -2.31. The first kappa shape index (κ1) is 19.1. The van der Waals surface area contributed by atoms with Crippen molar-refractivity contribution >= 4 is 33.3 Å². The van der Waals surface area contributed by atoms with Crippen LogP contribution in [0.3, 0.4) is 0 Å². The Hall–Kier alpha value is -2.22. The molecule has 5 nitrogen and oxygen atoms in total. The van der Waals surface area contributed by atoms with Gasteiger partial charge in [-0.15, -0.1) is 0 Å². The lowest BCUT2D eigenvalue weighted by atomic mass is 10.0. The molecule has 1 aliphatic heterocycles. The highest BCUT2D eigenvalue weighted by Gasteiger charge is 2.40. The molecule has 3 heterocycles. The second kappa shape index (κ2) is 8.43. The predicted molar refractivity (Wildman–Crippen MR) is 117 cm³/mol. The van der Waals surface area contributed by atoms with Crippen LogP contribution in [0.25, 0.3) is 5.69 Å². The molecule has 1 saturated heterocycles. The molecule has 0 bridgehead atoms. The predicted octanol–water partition coefficient (Wildman–Crippen LogP) is 3.99. The maximum absolute atomic E-state index is 9.36. The summed E-state index contributed by atoms with van der Waals surface area (Å²) in [7, 11) is 0. The number of hydrogen-bond donors (Lipinski definition) is 2. The Morgan fingerprint density at radius 1 is 1.14 bits per heavy atom. The van der Waals surface area contributed by atoms with Crippen LogP contribution < -0.4 is 5.32 Å². The van der Waals surface area contributed by atoms with E-state index in [1.165, 1.54) is 0 Å². The average molecular weight is 457 g/mol. The first-order valence-electron chi connectivity index (χ1n) is 9.21. The molecule has 0 saturated carbocycles. The molecule has 0 radical (unpaired) electrons. The Labute approximate surface area is 178 Å². The molecule has 0 spiro atoms. The number of hydrogen-bond acceptors (Lipinski definition) is 3. The van der Waals surface area contributed by atoms with Crippen LogP contribution in [0, 0.1) is 0 Å². The molecule has 1 aliphatic rings. The van der Waals surface area contributed by atoms with Crippen molar-refractivity contribution in [1.82, 2.24) is 19.8 Å². The van der Waals surface area contributed by atoms with Gasteiger partial charge < -0.3 is 19.9 Å². The van der Waals surface area contributed by atoms with Crippen LogP contribution in [0.15, 0.2) is 71.5 Å². The number of nitrogens with one attached hydrogen (secondary N) is 1. The fraction of sp³-hybridized carbons (Fsp3) is 0.238. The van der Waals surface area contributed by atoms with Gasteiger partial charge in [0, 0.05) is 41.4 Å². The summed E-state index contributed by atoms with van der Waals surface area (Å²) in [5.74, 6) is 0. The summed E-state index contributed by atoms with van der Waals surface area (Å²) in [6.45, 7) is 0.812. The molecule has 0 aliphatic carbocycles. The van der Waals surface area contributed by atoms with Crippen LogP contribution in [-0.4, -0.2) is 37.8 Å². The molecule has 2 N–H and O–H groups in total. The fourth-order valence-electron chi connectivity index (χ4n) is 3.71. The molecule has 0 amide bonds. The fourth-order valence-corrected chi connectivity index (χ4v) is 4.42. The number of thiocarbonyl (C=S) groups is 1. The van der Waals surface area contributed by atoms with E-state index in [4.69, 9.17) is 12.2 Å². The van der Waals surface area contributed by atoms with Gasteiger partial charge in [0.1, 0.15) is 0 Å². The highest BCUT2D eigenvalue weighted by molar-refractivity contribution is 9.10. The molecule has 28 heavy (non-hydrogen) atoms. The van der Waals surface area contributed by atoms with E-state index in [0.29, 0.717) is 18.1 Å². The van der Waals surface area contributed by atoms with E-state index < -0.39 is 0 Å². The zero-order valence-electron chi connectivity index (χ0n) is 15.2. The van der Waals surface area contributed by atoms with Gasteiger partial charge in [-0.25, -0.2) is 0 Å². The maximum atomic E-state index is 9.36. The van der Waals surface area contributed by atoms with Crippen molar-refractivity contribution in [2.75, 3.05) is 13.2 Å². The molecule has 144 valence electrons. The van der Waals surface area contributed by atoms with E-state index >= 15 is 0 Å². The van der Waals surface area contributed by atoms with Gasteiger partial charge in [0.05, 0.1) is 17.8 Å². The maximum Gasteiger partial charge on any atom is 0.170 e. The van der Waals surface area contributed by atoms with Crippen LogP contribution >= 0.6 is 28.1 Å². The Morgan fingerprint density at radius 2 is 2.04 bits per heavy atom. The quantitative estimate of drug-likeness (QED) is 0.549. The van der Waals surface area contributed by atoms with Gasteiger partial charge >= 0.3 is 0 Å². The minimum atomic E-state index is -0.0619. The summed E-state index contributed by atoms with van der Waals surface area (Å²) in [6.07, 6.45) is 4.53. The zero-order chi connectivity index (χ0) is 19.5. The summed E-state index contributed by atoms with van der Waals surface area (Å²) in [5, 5.41) is 13.5. The van der Waals surface area contributed by atoms with Crippen molar-refractivity contribution in [2.45, 2.75) is 18.5 Å². The van der Waals surface area contributed by atoms with Gasteiger partial charge in [0.2, 0.25) is 0 Å². The lowest BCUT2D eigenvalue weighted by molar-refractivity contribution is 0.245. The van der Waals surface area contributed by atoms with Gasteiger partial charge in [-0.05, 0) is 61.1 Å². The second-order valence-corrected chi connectivity index (χ2v) is 7.98. The van der Waals surface area contributed by atoms with Crippen molar-refractivity contribution in [3.8, 4) is 5.69 Å². The molecular formula is C21H21BrN4OS. The summed E-state index contributed by atoms with van der Waals surface area (Å²) in [6, 6.07) is 18.3. The third kappa shape index (κ3) is 3.70. The molecule has 2 aromatic heterocycles. The number of halogens is 1. The van der Waals surface area contributed by atoms with E-state index in [-0.39, 0.29) is 18.7 Å². The van der Waals surface area contributed by atoms with Crippen LogP contribution in [-0.2, 0) is 0 Å². The highest BCUT2D eigenvalue weighted by atomic mass is 79.9. The molecule has 1 fully saturated rings. The number of aliphatic hydroxyl groups is 1. The molecule has 7 heteroatoms. The lowest BCUT2D eigenvalue weighted by Gasteiger charge is -2.28. The van der Waals surface area contributed by atoms with Gasteiger partial charge in [0.15, 0.2) is 5.11 Å². The van der Waals surface area contributed by atoms with E-state index in [1.54, 1.807) is 6.20 Å². The van der Waals surface area contributed by atoms with E-state index in [0.717, 1.165) is 21.5 Å². The van der Waals surface area contributed by atoms with Crippen molar-refractivity contribution in [3.63, 3.8) is 0 Å². The molecule has 1 aromatic carbocycles. The van der Waals surface area contributed by atoms with Crippen molar-refractivity contribution in [1.29, 1.82) is 0 Å². The van der Waals surface area contributed by atoms with Gasteiger partial charge in [-0.2, -0.15) is 0 Å². The van der Waals surface area contributed by atoms with E-state index in [1.807, 2.05) is 30.3 Å². The number of nitrogens with zero attached hydrogens (tertiary/aromatic N) is 3. The Bertz CT molecular complexity index is 962. The summed E-state index contributed by atoms with van der Waals surface area (Å²) in [4.78, 5) is 6.73.